The lowest BCUT2D eigenvalue weighted by molar-refractivity contribution is 0.0698. The number of nitrogens with zero attached hydrogens (tertiary/aromatic N) is 1. The molecule has 4 nitrogen and oxygen atoms in total. The van der Waals surface area contributed by atoms with Crippen molar-refractivity contribution in [1.82, 2.24) is 0 Å². The standard InChI is InChI=1S/C14H20N2O2/c1-2-10-6-3-4-9-16(10)12-8-5-7-11(13(12)15)14(17)18/h5,7-8,10H,2-4,6,9,15H2,1H3,(H,17,18). The highest BCUT2D eigenvalue weighted by molar-refractivity contribution is 5.97. The van der Waals surface area contributed by atoms with Crippen LogP contribution in [0.5, 0.6) is 0 Å². The molecule has 1 unspecified atom stereocenters. The molecule has 0 aromatic heterocycles. The Hall–Kier alpha value is -1.71. The van der Waals surface area contributed by atoms with Gasteiger partial charge in [-0.3, -0.25) is 0 Å². The molecule has 1 fully saturated rings. The van der Waals surface area contributed by atoms with Gasteiger partial charge in [0, 0.05) is 12.6 Å². The number of nitrogens with two attached hydrogens (primary N) is 1. The number of carboxylic acids is 1. The van der Waals surface area contributed by atoms with E-state index in [1.165, 1.54) is 6.42 Å². The van der Waals surface area contributed by atoms with Crippen LogP contribution in [-0.4, -0.2) is 23.7 Å². The fraction of sp³-hybridized carbons (Fsp3) is 0.500. The molecule has 1 aliphatic rings. The molecule has 1 saturated heterocycles. The van der Waals surface area contributed by atoms with Gasteiger partial charge in [0.15, 0.2) is 0 Å². The van der Waals surface area contributed by atoms with Crippen molar-refractivity contribution in [1.29, 1.82) is 0 Å². The van der Waals surface area contributed by atoms with Crippen molar-refractivity contribution in [2.24, 2.45) is 0 Å². The molecule has 0 bridgehead atoms. The van der Waals surface area contributed by atoms with E-state index in [1.807, 2.05) is 6.07 Å². The predicted octanol–water partition coefficient (Wildman–Crippen LogP) is 2.74. The molecule has 0 spiro atoms. The molecular formula is C14H20N2O2. The molecule has 0 saturated carbocycles. The van der Waals surface area contributed by atoms with E-state index in [9.17, 15) is 4.79 Å². The summed E-state index contributed by atoms with van der Waals surface area (Å²) in [6, 6.07) is 5.74. The maximum atomic E-state index is 11.1. The van der Waals surface area contributed by atoms with Gasteiger partial charge in [-0.2, -0.15) is 0 Å². The number of hydrogen-bond donors (Lipinski definition) is 2. The van der Waals surface area contributed by atoms with Gasteiger partial charge in [0.05, 0.1) is 16.9 Å². The van der Waals surface area contributed by atoms with Gasteiger partial charge in [0.25, 0.3) is 0 Å². The van der Waals surface area contributed by atoms with Gasteiger partial charge in [0.1, 0.15) is 0 Å². The van der Waals surface area contributed by atoms with E-state index in [0.717, 1.165) is 31.5 Å². The molecule has 98 valence electrons. The minimum atomic E-state index is -0.959. The molecule has 1 aromatic carbocycles. The largest absolute Gasteiger partial charge is 0.478 e. The van der Waals surface area contributed by atoms with Crippen molar-refractivity contribution >= 4 is 17.3 Å². The normalized spacial score (nSPS) is 19.8. The Kier molecular flexibility index (Phi) is 3.75. The first-order chi connectivity index (χ1) is 8.65. The molecule has 0 amide bonds. The van der Waals surface area contributed by atoms with Crippen LogP contribution in [0.1, 0.15) is 43.0 Å². The Balaban J connectivity index is 2.37. The molecule has 0 aliphatic carbocycles. The maximum absolute atomic E-state index is 11.1. The SMILES string of the molecule is CCC1CCCCN1c1cccc(C(=O)O)c1N. The van der Waals surface area contributed by atoms with E-state index < -0.39 is 5.97 Å². The third-order valence-corrected chi connectivity index (χ3v) is 3.72. The number of aromatic carboxylic acids is 1. The summed E-state index contributed by atoms with van der Waals surface area (Å²) in [7, 11) is 0. The lowest BCUT2D eigenvalue weighted by Gasteiger charge is -2.38. The van der Waals surface area contributed by atoms with Crippen molar-refractivity contribution in [2.75, 3.05) is 17.2 Å². The highest BCUT2D eigenvalue weighted by Gasteiger charge is 2.24. The highest BCUT2D eigenvalue weighted by atomic mass is 16.4. The summed E-state index contributed by atoms with van der Waals surface area (Å²) < 4.78 is 0. The lowest BCUT2D eigenvalue weighted by atomic mass is 9.98. The Morgan fingerprint density at radius 2 is 2.28 bits per heavy atom. The first-order valence-electron chi connectivity index (χ1n) is 6.53. The molecule has 18 heavy (non-hydrogen) atoms. The number of para-hydroxylation sites is 1. The van der Waals surface area contributed by atoms with Crippen LogP contribution in [-0.2, 0) is 0 Å². The second kappa shape index (κ2) is 5.29. The second-order valence-corrected chi connectivity index (χ2v) is 4.79. The van der Waals surface area contributed by atoms with E-state index >= 15 is 0 Å². The first kappa shape index (κ1) is 12.7. The van der Waals surface area contributed by atoms with Gasteiger partial charge in [0.2, 0.25) is 0 Å². The summed E-state index contributed by atoms with van der Waals surface area (Å²) in [6.45, 7) is 3.13. The van der Waals surface area contributed by atoms with Crippen LogP contribution >= 0.6 is 0 Å². The number of nitrogen functional groups attached to an aromatic ring is 1. The zero-order valence-electron chi connectivity index (χ0n) is 10.7. The average molecular weight is 248 g/mol. The number of benzene rings is 1. The summed E-state index contributed by atoms with van der Waals surface area (Å²) in [5.41, 5.74) is 7.48. The number of rotatable bonds is 3. The zero-order chi connectivity index (χ0) is 13.1. The summed E-state index contributed by atoms with van der Waals surface area (Å²) in [5, 5.41) is 9.11. The van der Waals surface area contributed by atoms with Crippen LogP contribution in [0.15, 0.2) is 18.2 Å². The van der Waals surface area contributed by atoms with Crippen molar-refractivity contribution < 1.29 is 9.90 Å². The van der Waals surface area contributed by atoms with Crippen molar-refractivity contribution in [3.63, 3.8) is 0 Å². The molecule has 4 heteroatoms. The lowest BCUT2D eigenvalue weighted by Crippen LogP contribution is -2.39. The molecule has 3 N–H and O–H groups in total. The fourth-order valence-corrected chi connectivity index (χ4v) is 2.73. The number of carboxylic acid groups (broad SMARTS) is 1. The summed E-state index contributed by atoms with van der Waals surface area (Å²) >= 11 is 0. The Labute approximate surface area is 107 Å². The fourth-order valence-electron chi connectivity index (χ4n) is 2.73. The third kappa shape index (κ3) is 2.28. The topological polar surface area (TPSA) is 66.6 Å². The Morgan fingerprint density at radius 3 is 2.94 bits per heavy atom. The second-order valence-electron chi connectivity index (χ2n) is 4.79. The molecule has 1 aliphatic heterocycles. The van der Waals surface area contributed by atoms with Crippen LogP contribution in [0.25, 0.3) is 0 Å². The summed E-state index contributed by atoms with van der Waals surface area (Å²) in [4.78, 5) is 13.4. The van der Waals surface area contributed by atoms with E-state index in [4.69, 9.17) is 10.8 Å². The van der Waals surface area contributed by atoms with Crippen LogP contribution in [0.3, 0.4) is 0 Å². The van der Waals surface area contributed by atoms with Gasteiger partial charge in [-0.15, -0.1) is 0 Å². The maximum Gasteiger partial charge on any atom is 0.337 e. The Morgan fingerprint density at radius 1 is 1.50 bits per heavy atom. The minimum Gasteiger partial charge on any atom is -0.478 e. The molecule has 0 radical (unpaired) electrons. The summed E-state index contributed by atoms with van der Waals surface area (Å²) in [5.74, 6) is -0.959. The smallest absolute Gasteiger partial charge is 0.337 e. The first-order valence-corrected chi connectivity index (χ1v) is 6.53. The van der Waals surface area contributed by atoms with E-state index in [-0.39, 0.29) is 5.56 Å². The monoisotopic (exact) mass is 248 g/mol. The minimum absolute atomic E-state index is 0.202. The number of hydrogen-bond acceptors (Lipinski definition) is 3. The predicted molar refractivity (Wildman–Crippen MR) is 73.1 cm³/mol. The molecule has 1 aromatic rings. The van der Waals surface area contributed by atoms with Gasteiger partial charge >= 0.3 is 5.97 Å². The van der Waals surface area contributed by atoms with Crippen LogP contribution in [0.4, 0.5) is 11.4 Å². The van der Waals surface area contributed by atoms with Gasteiger partial charge < -0.3 is 15.7 Å². The van der Waals surface area contributed by atoms with Crippen molar-refractivity contribution in [3.8, 4) is 0 Å². The van der Waals surface area contributed by atoms with E-state index in [1.54, 1.807) is 12.1 Å². The van der Waals surface area contributed by atoms with E-state index in [0.29, 0.717) is 11.7 Å². The Bertz CT molecular complexity index is 445. The van der Waals surface area contributed by atoms with Crippen LogP contribution < -0.4 is 10.6 Å². The number of carbonyl (C=O) groups is 1. The van der Waals surface area contributed by atoms with Crippen LogP contribution in [0, 0.1) is 0 Å². The quantitative estimate of drug-likeness (QED) is 0.807. The van der Waals surface area contributed by atoms with Gasteiger partial charge in [-0.05, 0) is 37.8 Å². The van der Waals surface area contributed by atoms with Gasteiger partial charge in [-0.1, -0.05) is 13.0 Å². The average Bonchev–Trinajstić information content (AvgIpc) is 2.38. The highest BCUT2D eigenvalue weighted by Crippen LogP contribution is 2.32. The molecular weight excluding hydrogens is 228 g/mol. The zero-order valence-corrected chi connectivity index (χ0v) is 10.7. The summed E-state index contributed by atoms with van der Waals surface area (Å²) in [6.07, 6.45) is 4.62. The third-order valence-electron chi connectivity index (χ3n) is 3.72. The van der Waals surface area contributed by atoms with Gasteiger partial charge in [-0.25, -0.2) is 4.79 Å². The van der Waals surface area contributed by atoms with Crippen molar-refractivity contribution in [2.45, 2.75) is 38.6 Å². The molecule has 1 atom stereocenters. The number of anilines is 2. The van der Waals surface area contributed by atoms with Crippen LogP contribution in [0.2, 0.25) is 0 Å². The number of piperidine rings is 1. The van der Waals surface area contributed by atoms with E-state index in [2.05, 4.69) is 11.8 Å². The van der Waals surface area contributed by atoms with Crippen molar-refractivity contribution in [3.05, 3.63) is 23.8 Å². The molecule has 2 rings (SSSR count). The molecule has 1 heterocycles.